The number of benzene rings is 4. The van der Waals surface area contributed by atoms with Crippen LogP contribution in [0.3, 0.4) is 0 Å². The zero-order chi connectivity index (χ0) is 24.8. The van der Waals surface area contributed by atoms with Gasteiger partial charge in [0.15, 0.2) is 11.6 Å². The summed E-state index contributed by atoms with van der Waals surface area (Å²) in [5.41, 5.74) is 3.01. The van der Waals surface area contributed by atoms with Crippen LogP contribution in [-0.2, 0) is 0 Å². The highest BCUT2D eigenvalue weighted by atomic mass is 19.1. The lowest BCUT2D eigenvalue weighted by Crippen LogP contribution is -1.92. The van der Waals surface area contributed by atoms with Crippen molar-refractivity contribution >= 4 is 11.6 Å². The number of carbonyl (C=O) groups excluding carboxylic acids is 2. The van der Waals surface area contributed by atoms with Crippen molar-refractivity contribution in [3.63, 3.8) is 0 Å². The minimum Gasteiger partial charge on any atom is -0.295 e. The minimum absolute atomic E-state index is 0.0453. The zero-order valence-electron chi connectivity index (χ0n) is 18.4. The summed E-state index contributed by atoms with van der Waals surface area (Å²) in [7, 11) is 0. The SMILES string of the molecule is CC(=O)c1ccc(-c2ccc(F)cc2F)cc1.CC(=O)c1ccc(-c2ccc(F)cc2F)cc1. The molecule has 2 nitrogen and oxygen atoms in total. The molecule has 0 radical (unpaired) electrons. The van der Waals surface area contributed by atoms with E-state index in [1.54, 1.807) is 48.5 Å². The lowest BCUT2D eigenvalue weighted by Gasteiger charge is -2.04. The van der Waals surface area contributed by atoms with E-state index >= 15 is 0 Å². The maximum Gasteiger partial charge on any atom is 0.159 e. The zero-order valence-corrected chi connectivity index (χ0v) is 18.4. The molecule has 0 N–H and O–H groups in total. The van der Waals surface area contributed by atoms with Crippen LogP contribution in [-0.4, -0.2) is 11.6 Å². The highest BCUT2D eigenvalue weighted by molar-refractivity contribution is 5.95. The first-order valence-corrected chi connectivity index (χ1v) is 10.3. The molecule has 0 fully saturated rings. The van der Waals surface area contributed by atoms with Gasteiger partial charge in [0.05, 0.1) is 0 Å². The van der Waals surface area contributed by atoms with Crippen molar-refractivity contribution in [2.75, 3.05) is 0 Å². The van der Waals surface area contributed by atoms with Crippen molar-refractivity contribution in [2.24, 2.45) is 0 Å². The van der Waals surface area contributed by atoms with Gasteiger partial charge in [0.25, 0.3) is 0 Å². The molecule has 0 spiro atoms. The Morgan fingerprint density at radius 3 is 1.09 bits per heavy atom. The van der Waals surface area contributed by atoms with Gasteiger partial charge in [-0.1, -0.05) is 48.5 Å². The van der Waals surface area contributed by atoms with Gasteiger partial charge in [-0.3, -0.25) is 9.59 Å². The van der Waals surface area contributed by atoms with E-state index in [0.717, 1.165) is 12.1 Å². The van der Waals surface area contributed by atoms with Crippen LogP contribution < -0.4 is 0 Å². The van der Waals surface area contributed by atoms with E-state index in [1.807, 2.05) is 0 Å². The van der Waals surface area contributed by atoms with Gasteiger partial charge in [0.1, 0.15) is 23.3 Å². The first-order valence-electron chi connectivity index (χ1n) is 10.3. The molecule has 4 rings (SSSR count). The molecule has 0 amide bonds. The number of hydrogen-bond donors (Lipinski definition) is 0. The van der Waals surface area contributed by atoms with Crippen LogP contribution in [0.15, 0.2) is 84.9 Å². The molecule has 4 aromatic rings. The van der Waals surface area contributed by atoms with Gasteiger partial charge in [0, 0.05) is 34.4 Å². The molecule has 0 atom stereocenters. The third-order valence-electron chi connectivity index (χ3n) is 5.07. The Kier molecular flexibility index (Phi) is 7.74. The fourth-order valence-corrected chi connectivity index (χ4v) is 3.22. The van der Waals surface area contributed by atoms with Gasteiger partial charge >= 0.3 is 0 Å². The quantitative estimate of drug-likeness (QED) is 0.229. The van der Waals surface area contributed by atoms with Gasteiger partial charge in [-0.05, 0) is 49.2 Å². The van der Waals surface area contributed by atoms with E-state index in [-0.39, 0.29) is 11.6 Å². The molecule has 34 heavy (non-hydrogen) atoms. The summed E-state index contributed by atoms with van der Waals surface area (Å²) in [6, 6.07) is 19.9. The predicted molar refractivity (Wildman–Crippen MR) is 124 cm³/mol. The maximum absolute atomic E-state index is 13.5. The first kappa shape index (κ1) is 24.6. The fourth-order valence-electron chi connectivity index (χ4n) is 3.22. The number of ketones is 2. The van der Waals surface area contributed by atoms with Crippen molar-refractivity contribution in [2.45, 2.75) is 13.8 Å². The molecule has 0 aliphatic carbocycles. The molecule has 0 aromatic heterocycles. The average molecular weight is 464 g/mol. The minimum atomic E-state index is -0.611. The number of hydrogen-bond acceptors (Lipinski definition) is 2. The van der Waals surface area contributed by atoms with E-state index < -0.39 is 23.3 Å². The molecule has 0 saturated heterocycles. The molecule has 0 heterocycles. The number of Topliss-reactive ketones (excluding diaryl/α,β-unsaturated/α-hetero) is 2. The van der Waals surface area contributed by atoms with E-state index in [1.165, 1.54) is 38.1 Å². The van der Waals surface area contributed by atoms with Crippen LogP contribution >= 0.6 is 0 Å². The van der Waals surface area contributed by atoms with Gasteiger partial charge in [-0.25, -0.2) is 17.6 Å². The first-order chi connectivity index (χ1) is 16.2. The van der Waals surface area contributed by atoms with E-state index in [0.29, 0.717) is 33.4 Å². The Hall–Kier alpha value is -4.06. The van der Waals surface area contributed by atoms with Crippen molar-refractivity contribution in [3.05, 3.63) is 119 Å². The summed E-state index contributed by atoms with van der Waals surface area (Å²) >= 11 is 0. The smallest absolute Gasteiger partial charge is 0.159 e. The van der Waals surface area contributed by atoms with Crippen LogP contribution in [0.5, 0.6) is 0 Å². The summed E-state index contributed by atoms with van der Waals surface area (Å²) in [6.07, 6.45) is 0. The van der Waals surface area contributed by atoms with E-state index in [4.69, 9.17) is 0 Å². The van der Waals surface area contributed by atoms with Crippen molar-refractivity contribution in [1.29, 1.82) is 0 Å². The van der Waals surface area contributed by atoms with Crippen LogP contribution in [0.2, 0.25) is 0 Å². The lowest BCUT2D eigenvalue weighted by atomic mass is 10.0. The summed E-state index contributed by atoms with van der Waals surface area (Å²) in [5, 5.41) is 0. The normalized spacial score (nSPS) is 10.3. The Bertz CT molecular complexity index is 1220. The van der Waals surface area contributed by atoms with Crippen molar-refractivity contribution < 1.29 is 27.2 Å². The Labute approximate surface area is 194 Å². The molecule has 0 bridgehead atoms. The number of rotatable bonds is 4. The lowest BCUT2D eigenvalue weighted by molar-refractivity contribution is 0.100. The van der Waals surface area contributed by atoms with Crippen molar-refractivity contribution in [3.8, 4) is 22.3 Å². The second-order valence-corrected chi connectivity index (χ2v) is 7.52. The van der Waals surface area contributed by atoms with Crippen LogP contribution in [0, 0.1) is 23.3 Å². The Balaban J connectivity index is 0.000000191. The molecule has 0 aliphatic heterocycles. The number of halogens is 4. The molecule has 172 valence electrons. The fraction of sp³-hybridized carbons (Fsp3) is 0.0714. The molecular weight excluding hydrogens is 444 g/mol. The second-order valence-electron chi connectivity index (χ2n) is 7.52. The highest BCUT2D eigenvalue weighted by Crippen LogP contribution is 2.25. The van der Waals surface area contributed by atoms with Crippen molar-refractivity contribution in [1.82, 2.24) is 0 Å². The number of carbonyl (C=O) groups is 2. The maximum atomic E-state index is 13.5. The van der Waals surface area contributed by atoms with Gasteiger partial charge in [-0.2, -0.15) is 0 Å². The Morgan fingerprint density at radius 2 is 0.824 bits per heavy atom. The summed E-state index contributed by atoms with van der Waals surface area (Å²) in [5.74, 6) is -2.52. The highest BCUT2D eigenvalue weighted by Gasteiger charge is 2.08. The van der Waals surface area contributed by atoms with Gasteiger partial charge in [-0.15, -0.1) is 0 Å². The van der Waals surface area contributed by atoms with Gasteiger partial charge < -0.3 is 0 Å². The Morgan fingerprint density at radius 1 is 0.500 bits per heavy atom. The largest absolute Gasteiger partial charge is 0.295 e. The van der Waals surface area contributed by atoms with Crippen LogP contribution in [0.25, 0.3) is 22.3 Å². The van der Waals surface area contributed by atoms with E-state index in [9.17, 15) is 27.2 Å². The van der Waals surface area contributed by atoms with Crippen LogP contribution in [0.1, 0.15) is 34.6 Å². The van der Waals surface area contributed by atoms with E-state index in [2.05, 4.69) is 0 Å². The third-order valence-corrected chi connectivity index (χ3v) is 5.07. The molecule has 0 aliphatic rings. The molecular formula is C28H20F4O2. The average Bonchev–Trinajstić information content (AvgIpc) is 2.80. The van der Waals surface area contributed by atoms with Crippen LogP contribution in [0.4, 0.5) is 17.6 Å². The molecule has 4 aromatic carbocycles. The summed E-state index contributed by atoms with van der Waals surface area (Å²) < 4.78 is 52.5. The summed E-state index contributed by atoms with van der Waals surface area (Å²) in [4.78, 5) is 22.2. The molecule has 0 saturated carbocycles. The third kappa shape index (κ3) is 6.04. The molecule has 6 heteroatoms. The monoisotopic (exact) mass is 464 g/mol. The topological polar surface area (TPSA) is 34.1 Å². The predicted octanol–water partition coefficient (Wildman–Crippen LogP) is 7.67. The standard InChI is InChI=1S/2C14H10F2O/c2*1-9(17)10-2-4-11(5-3-10)13-7-6-12(15)8-14(13)16/h2*2-8H,1H3. The molecule has 0 unspecified atom stereocenters. The second kappa shape index (κ2) is 10.7. The summed E-state index contributed by atoms with van der Waals surface area (Å²) in [6.45, 7) is 2.93. The van der Waals surface area contributed by atoms with Gasteiger partial charge in [0.2, 0.25) is 0 Å².